The summed E-state index contributed by atoms with van der Waals surface area (Å²) < 4.78 is 57.3. The molecule has 1 aliphatic heterocycles. The number of nitrogen functional groups attached to an aromatic ring is 1. The average molecular weight is 660 g/mol. The fraction of sp³-hybridized carbons (Fsp3) is 0.321. The van der Waals surface area contributed by atoms with Gasteiger partial charge in [0.05, 0.1) is 7.11 Å². The highest BCUT2D eigenvalue weighted by molar-refractivity contribution is 7.98. The largest absolute Gasteiger partial charge is 0.510 e. The summed E-state index contributed by atoms with van der Waals surface area (Å²) in [5, 5.41) is -0.0299. The highest BCUT2D eigenvalue weighted by Crippen LogP contribution is 2.45. The Morgan fingerprint density at radius 2 is 1.88 bits per heavy atom. The number of pyridine rings is 1. The van der Waals surface area contributed by atoms with Crippen LogP contribution in [0.3, 0.4) is 0 Å². The third kappa shape index (κ3) is 7.00. The molecule has 3 aromatic rings. The normalized spacial score (nSPS) is 15.0. The second-order valence-corrected chi connectivity index (χ2v) is 11.3. The molecule has 0 bridgehead atoms. The first-order valence-electron chi connectivity index (χ1n) is 12.8. The molecule has 0 fully saturated rings. The van der Waals surface area contributed by atoms with Gasteiger partial charge < -0.3 is 25.0 Å². The van der Waals surface area contributed by atoms with Crippen LogP contribution in [-0.4, -0.2) is 54.3 Å². The molecule has 0 saturated carbocycles. The van der Waals surface area contributed by atoms with Gasteiger partial charge in [-0.3, -0.25) is 14.3 Å². The molecule has 0 aliphatic carbocycles. The molecule has 2 N–H and O–H groups in total. The predicted octanol–water partition coefficient (Wildman–Crippen LogP) is 6.21. The van der Waals surface area contributed by atoms with E-state index in [1.165, 1.54) is 0 Å². The predicted molar refractivity (Wildman–Crippen MR) is 155 cm³/mol. The zero-order chi connectivity index (χ0) is 31.5. The van der Waals surface area contributed by atoms with Gasteiger partial charge in [0.2, 0.25) is 18.0 Å². The van der Waals surface area contributed by atoms with Crippen LogP contribution in [0.4, 0.5) is 18.0 Å². The summed E-state index contributed by atoms with van der Waals surface area (Å²) in [6.45, 7) is -0.503. The molecule has 2 aromatic carbocycles. The van der Waals surface area contributed by atoms with Crippen molar-refractivity contribution >= 4 is 47.0 Å². The van der Waals surface area contributed by atoms with Crippen molar-refractivity contribution in [3.05, 3.63) is 91.3 Å². The highest BCUT2D eigenvalue weighted by Gasteiger charge is 2.44. The van der Waals surface area contributed by atoms with Crippen LogP contribution in [-0.2, 0) is 15.2 Å². The summed E-state index contributed by atoms with van der Waals surface area (Å²) in [6, 6.07) is 10.6. The maximum Gasteiger partial charge on any atom is 0.510 e. The Hall–Kier alpha value is -3.55. The summed E-state index contributed by atoms with van der Waals surface area (Å²) in [4.78, 5) is 39.6. The number of amides is 1. The number of nitrogens with zero attached hydrogens (tertiary/aromatic N) is 2. The number of benzene rings is 2. The molecule has 2 atom stereocenters. The van der Waals surface area contributed by atoms with Gasteiger partial charge in [-0.2, -0.15) is 13.2 Å². The second-order valence-electron chi connectivity index (χ2n) is 9.45. The zero-order valence-corrected chi connectivity index (χ0v) is 25.1. The standard InChI is InChI=1S/C28H26Cl2F3N3O6S/c1-15(28(31,32)33)35(26(38)23-25(41-14-42-27(39)40-2)24(37)20(30)12-36(23)34)11-10-18-17-7-3-4-9-21(17)43-13-16-6-5-8-19(29)22(16)18/h3-9,12,15,18H,10-11,13-14,34H2,1-2H3/t15-,18-/m1/s1. The van der Waals surface area contributed by atoms with Crippen LogP contribution in [0.1, 0.15) is 46.4 Å². The number of hydrogen-bond acceptors (Lipinski definition) is 8. The lowest BCUT2D eigenvalue weighted by molar-refractivity contribution is -0.172. The average Bonchev–Trinajstić information content (AvgIpc) is 3.12. The Labute approximate surface area is 258 Å². The van der Waals surface area contributed by atoms with Gasteiger partial charge >= 0.3 is 12.3 Å². The third-order valence-electron chi connectivity index (χ3n) is 6.93. The Morgan fingerprint density at radius 3 is 2.58 bits per heavy atom. The van der Waals surface area contributed by atoms with E-state index in [9.17, 15) is 27.6 Å². The van der Waals surface area contributed by atoms with Gasteiger partial charge in [0.15, 0.2) is 5.69 Å². The fourth-order valence-corrected chi connectivity index (χ4v) is 6.41. The first-order chi connectivity index (χ1) is 20.3. The number of alkyl halides is 3. The number of carbonyl (C=O) groups is 2. The van der Waals surface area contributed by atoms with Gasteiger partial charge in [0.25, 0.3) is 5.91 Å². The molecule has 2 heterocycles. The second kappa shape index (κ2) is 13.4. The molecular formula is C28H26Cl2F3N3O6S. The minimum Gasteiger partial charge on any atom is -0.451 e. The summed E-state index contributed by atoms with van der Waals surface area (Å²) in [6.07, 6.45) is -5.10. The zero-order valence-electron chi connectivity index (χ0n) is 22.8. The van der Waals surface area contributed by atoms with Crippen LogP contribution in [0, 0.1) is 0 Å². The van der Waals surface area contributed by atoms with Crippen molar-refractivity contribution < 1.29 is 37.0 Å². The molecule has 1 aromatic heterocycles. The van der Waals surface area contributed by atoms with E-state index in [1.54, 1.807) is 17.8 Å². The minimum atomic E-state index is -4.84. The number of carbonyl (C=O) groups excluding carboxylic acids is 2. The van der Waals surface area contributed by atoms with Crippen molar-refractivity contribution in [3.8, 4) is 5.75 Å². The van der Waals surface area contributed by atoms with Gasteiger partial charge in [0.1, 0.15) is 11.1 Å². The van der Waals surface area contributed by atoms with Crippen LogP contribution in [0.5, 0.6) is 5.75 Å². The van der Waals surface area contributed by atoms with E-state index in [0.717, 1.165) is 41.8 Å². The molecule has 4 rings (SSSR count). The van der Waals surface area contributed by atoms with Crippen molar-refractivity contribution in [2.75, 3.05) is 26.3 Å². The van der Waals surface area contributed by atoms with Crippen molar-refractivity contribution in [1.82, 2.24) is 9.58 Å². The number of halogens is 5. The minimum absolute atomic E-state index is 0.0461. The maximum atomic E-state index is 14.2. The van der Waals surface area contributed by atoms with E-state index in [0.29, 0.717) is 20.4 Å². The van der Waals surface area contributed by atoms with Gasteiger partial charge in [-0.25, -0.2) is 4.79 Å². The molecule has 0 saturated heterocycles. The molecule has 0 spiro atoms. The first-order valence-corrected chi connectivity index (χ1v) is 14.5. The maximum absolute atomic E-state index is 14.2. The molecule has 0 unspecified atom stereocenters. The van der Waals surface area contributed by atoms with E-state index >= 15 is 0 Å². The lowest BCUT2D eigenvalue weighted by atomic mass is 9.85. The smallest absolute Gasteiger partial charge is 0.451 e. The molecule has 0 radical (unpaired) electrons. The van der Waals surface area contributed by atoms with Crippen LogP contribution < -0.4 is 16.0 Å². The van der Waals surface area contributed by atoms with Crippen LogP contribution in [0.25, 0.3) is 0 Å². The van der Waals surface area contributed by atoms with Gasteiger partial charge in [-0.05, 0) is 42.2 Å². The Morgan fingerprint density at radius 1 is 1.16 bits per heavy atom. The molecular weight excluding hydrogens is 634 g/mol. The molecule has 1 aliphatic rings. The molecule has 230 valence electrons. The van der Waals surface area contributed by atoms with E-state index in [1.807, 2.05) is 36.4 Å². The highest BCUT2D eigenvalue weighted by atomic mass is 35.5. The summed E-state index contributed by atoms with van der Waals surface area (Å²) in [5.74, 6) is 4.02. The topological polar surface area (TPSA) is 113 Å². The Kier molecular flexibility index (Phi) is 10.1. The molecule has 43 heavy (non-hydrogen) atoms. The number of nitrogens with two attached hydrogens (primary N) is 1. The number of methoxy groups -OCH3 is 1. The van der Waals surface area contributed by atoms with Crippen molar-refractivity contribution in [2.45, 2.75) is 42.1 Å². The summed E-state index contributed by atoms with van der Waals surface area (Å²) >= 11 is 14.1. The van der Waals surface area contributed by atoms with Crippen LogP contribution in [0.2, 0.25) is 10.0 Å². The summed E-state index contributed by atoms with van der Waals surface area (Å²) in [5.41, 5.74) is 0.775. The number of aromatic nitrogens is 1. The van der Waals surface area contributed by atoms with Gasteiger partial charge in [-0.1, -0.05) is 53.5 Å². The number of ether oxygens (including phenoxy) is 3. The van der Waals surface area contributed by atoms with Crippen molar-refractivity contribution in [1.29, 1.82) is 0 Å². The number of hydrogen-bond donors (Lipinski definition) is 1. The summed E-state index contributed by atoms with van der Waals surface area (Å²) in [7, 11) is 1.02. The third-order valence-corrected chi connectivity index (χ3v) is 8.67. The lowest BCUT2D eigenvalue weighted by Gasteiger charge is -2.33. The Bertz CT molecular complexity index is 1590. The lowest BCUT2D eigenvalue weighted by Crippen LogP contribution is -2.49. The van der Waals surface area contributed by atoms with Crippen molar-refractivity contribution in [3.63, 3.8) is 0 Å². The molecule has 9 nitrogen and oxygen atoms in total. The monoisotopic (exact) mass is 659 g/mol. The Balaban J connectivity index is 1.76. The van der Waals surface area contributed by atoms with Gasteiger partial charge in [-0.15, -0.1) is 11.8 Å². The molecule has 15 heteroatoms. The van der Waals surface area contributed by atoms with E-state index in [2.05, 4.69) is 9.47 Å². The van der Waals surface area contributed by atoms with Crippen molar-refractivity contribution in [2.24, 2.45) is 0 Å². The van der Waals surface area contributed by atoms with E-state index in [-0.39, 0.29) is 6.42 Å². The van der Waals surface area contributed by atoms with Crippen LogP contribution >= 0.6 is 35.0 Å². The van der Waals surface area contributed by atoms with Gasteiger partial charge in [0, 0.05) is 34.3 Å². The number of thioether (sulfide) groups is 1. The van der Waals surface area contributed by atoms with Crippen LogP contribution in [0.15, 0.2) is 58.4 Å². The van der Waals surface area contributed by atoms with E-state index in [4.69, 9.17) is 33.8 Å². The van der Waals surface area contributed by atoms with E-state index < -0.39 is 65.4 Å². The SMILES string of the molecule is COC(=O)OCOc1c(C(=O)N(CC[C@@H]2c3ccccc3SCc3cccc(Cl)c32)[C@H](C)C(F)(F)F)n(N)cc(Cl)c1=O. The first kappa shape index (κ1) is 32.4. The number of fused-ring (bicyclic) bond motifs is 2. The quantitative estimate of drug-likeness (QED) is 0.173. The number of rotatable bonds is 8. The molecule has 1 amide bonds. The fourth-order valence-electron chi connectivity index (χ4n) is 4.78.